The molecule has 13 heteroatoms. The Bertz CT molecular complexity index is 1340. The zero-order chi connectivity index (χ0) is 31.1. The number of benzene rings is 1. The lowest BCUT2D eigenvalue weighted by Gasteiger charge is -2.27. The Morgan fingerprint density at radius 3 is 2.02 bits per heavy atom. The molecule has 13 nitrogen and oxygen atoms in total. The number of nitrogens with one attached hydrogen (secondary N) is 6. The van der Waals surface area contributed by atoms with E-state index in [9.17, 15) is 33.9 Å². The van der Waals surface area contributed by atoms with E-state index in [4.69, 9.17) is 0 Å². The number of fused-ring (bicyclic) bond motifs is 1. The van der Waals surface area contributed by atoms with Crippen molar-refractivity contribution in [2.75, 3.05) is 0 Å². The first-order valence-corrected chi connectivity index (χ1v) is 14.0. The van der Waals surface area contributed by atoms with E-state index in [0.717, 1.165) is 10.9 Å². The largest absolute Gasteiger partial charge is 0.481 e. The van der Waals surface area contributed by atoms with Gasteiger partial charge in [0.25, 0.3) is 0 Å². The molecule has 1 fully saturated rings. The number of aromatic nitrogens is 1. The molecule has 0 spiro atoms. The normalized spacial score (nSPS) is 24.7. The first-order chi connectivity index (χ1) is 19.8. The van der Waals surface area contributed by atoms with E-state index < -0.39 is 72.1 Å². The molecule has 42 heavy (non-hydrogen) atoms. The van der Waals surface area contributed by atoms with E-state index in [1.165, 1.54) is 6.92 Å². The lowest BCUT2D eigenvalue weighted by molar-refractivity contribution is -0.141. The highest BCUT2D eigenvalue weighted by Crippen LogP contribution is 2.20. The molecule has 1 aromatic heterocycles. The van der Waals surface area contributed by atoms with Gasteiger partial charge in [0.2, 0.25) is 29.5 Å². The van der Waals surface area contributed by atoms with Crippen molar-refractivity contribution in [3.05, 3.63) is 36.0 Å². The molecule has 228 valence electrons. The molecule has 2 heterocycles. The van der Waals surface area contributed by atoms with Crippen molar-refractivity contribution in [3.63, 3.8) is 0 Å². The lowest BCUT2D eigenvalue weighted by atomic mass is 9.98. The van der Waals surface area contributed by atoms with E-state index in [2.05, 4.69) is 31.6 Å². The highest BCUT2D eigenvalue weighted by Gasteiger charge is 2.35. The van der Waals surface area contributed by atoms with Gasteiger partial charge in [-0.05, 0) is 36.8 Å². The SMILES string of the molecule is CC(C)C[C@@H]1NC(=O)[C@@H](C(C)C)NC(=O)[C@H](C)NC(=O)[C@@H](CC(=O)O)NC(=O)[C@@H](Cc2c[nH]c3ccccc23)NC1=O. The third-order valence-electron chi connectivity index (χ3n) is 7.08. The number of carbonyl (C=O) groups excluding carboxylic acids is 5. The van der Waals surface area contributed by atoms with E-state index in [0.29, 0.717) is 5.56 Å². The van der Waals surface area contributed by atoms with Crippen LogP contribution in [0.4, 0.5) is 0 Å². The second-order valence-electron chi connectivity index (χ2n) is 11.4. The molecule has 7 N–H and O–H groups in total. The fourth-order valence-corrected chi connectivity index (χ4v) is 4.82. The van der Waals surface area contributed by atoms with E-state index in [1.54, 1.807) is 20.0 Å². The summed E-state index contributed by atoms with van der Waals surface area (Å²) in [5.41, 5.74) is 1.52. The van der Waals surface area contributed by atoms with Gasteiger partial charge in [-0.3, -0.25) is 28.8 Å². The maximum Gasteiger partial charge on any atom is 0.305 e. The quantitative estimate of drug-likeness (QED) is 0.243. The first-order valence-electron chi connectivity index (χ1n) is 14.0. The average Bonchev–Trinajstić information content (AvgIpc) is 3.31. The summed E-state index contributed by atoms with van der Waals surface area (Å²) in [4.78, 5) is 81.2. The highest BCUT2D eigenvalue weighted by atomic mass is 16.4. The van der Waals surface area contributed by atoms with Crippen molar-refractivity contribution < 1.29 is 33.9 Å². The summed E-state index contributed by atoms with van der Waals surface area (Å²) in [6.07, 6.45) is 1.21. The van der Waals surface area contributed by atoms with Crippen LogP contribution in [0.25, 0.3) is 10.9 Å². The Labute approximate surface area is 243 Å². The number of aromatic amines is 1. The van der Waals surface area contributed by atoms with Gasteiger partial charge in [0.15, 0.2) is 0 Å². The van der Waals surface area contributed by atoms with Crippen LogP contribution < -0.4 is 26.6 Å². The van der Waals surface area contributed by atoms with Crippen LogP contribution in [0.5, 0.6) is 0 Å². The minimum Gasteiger partial charge on any atom is -0.481 e. The van der Waals surface area contributed by atoms with E-state index in [-0.39, 0.29) is 24.7 Å². The molecule has 0 aliphatic carbocycles. The third kappa shape index (κ3) is 8.30. The standard InChI is InChI=1S/C29H40N6O7/c1-14(2)10-20-27(40)32-21(11-17-13-30-19-9-7-6-8-18(17)19)28(41)33-22(12-23(36)37)26(39)31-16(5)25(38)35-24(15(3)4)29(42)34-20/h6-9,13-16,20-22,24,30H,10-12H2,1-5H3,(H,31,39)(H,32,40)(H,33,41)(H,34,42)(H,35,38)(H,36,37)/t16-,20-,21+,22+,24+/m0/s1. The molecule has 0 saturated carbocycles. The van der Waals surface area contributed by atoms with Gasteiger partial charge in [-0.1, -0.05) is 45.9 Å². The van der Waals surface area contributed by atoms with Crippen LogP contribution >= 0.6 is 0 Å². The molecule has 0 bridgehead atoms. The molecular formula is C29H40N6O7. The van der Waals surface area contributed by atoms with Gasteiger partial charge in [-0.2, -0.15) is 0 Å². The highest BCUT2D eigenvalue weighted by molar-refractivity contribution is 5.99. The van der Waals surface area contributed by atoms with Crippen LogP contribution in [0.1, 0.15) is 53.0 Å². The van der Waals surface area contributed by atoms with Gasteiger partial charge in [0, 0.05) is 23.5 Å². The molecular weight excluding hydrogens is 544 g/mol. The van der Waals surface area contributed by atoms with E-state index in [1.807, 2.05) is 38.1 Å². The minimum atomic E-state index is -1.54. The summed E-state index contributed by atoms with van der Waals surface area (Å²) in [6.45, 7) is 8.58. The van der Waals surface area contributed by atoms with Crippen molar-refractivity contribution >= 4 is 46.4 Å². The molecule has 1 aliphatic heterocycles. The summed E-state index contributed by atoms with van der Waals surface area (Å²) in [7, 11) is 0. The molecule has 1 saturated heterocycles. The Kier molecular flexibility index (Phi) is 10.7. The predicted molar refractivity (Wildman–Crippen MR) is 154 cm³/mol. The molecule has 5 atom stereocenters. The number of carboxylic acids is 1. The Morgan fingerprint density at radius 2 is 1.38 bits per heavy atom. The molecule has 3 rings (SSSR count). The van der Waals surface area contributed by atoms with Gasteiger partial charge in [-0.15, -0.1) is 0 Å². The van der Waals surface area contributed by atoms with Crippen LogP contribution in [-0.2, 0) is 35.2 Å². The zero-order valence-corrected chi connectivity index (χ0v) is 24.4. The fourth-order valence-electron chi connectivity index (χ4n) is 4.82. The van der Waals surface area contributed by atoms with Crippen molar-refractivity contribution in [1.82, 2.24) is 31.6 Å². The van der Waals surface area contributed by atoms with Crippen molar-refractivity contribution in [2.45, 2.75) is 84.1 Å². The smallest absolute Gasteiger partial charge is 0.305 e. The summed E-state index contributed by atoms with van der Waals surface area (Å²) in [5.74, 6) is -5.34. The molecule has 1 aliphatic rings. The molecule has 2 aromatic rings. The van der Waals surface area contributed by atoms with Gasteiger partial charge >= 0.3 is 5.97 Å². The number of amides is 5. The zero-order valence-electron chi connectivity index (χ0n) is 24.4. The minimum absolute atomic E-state index is 0.0103. The molecule has 1 aromatic carbocycles. The number of hydrogen-bond donors (Lipinski definition) is 7. The van der Waals surface area contributed by atoms with Crippen LogP contribution in [0.2, 0.25) is 0 Å². The molecule has 0 radical (unpaired) electrons. The maximum absolute atomic E-state index is 13.6. The van der Waals surface area contributed by atoms with Gasteiger partial charge in [-0.25, -0.2) is 0 Å². The number of carbonyl (C=O) groups is 6. The summed E-state index contributed by atoms with van der Waals surface area (Å²) in [6, 6.07) is 1.41. The Balaban J connectivity index is 2.05. The predicted octanol–water partition coefficient (Wildman–Crippen LogP) is 0.345. The summed E-state index contributed by atoms with van der Waals surface area (Å²) in [5, 5.41) is 23.2. The van der Waals surface area contributed by atoms with Crippen LogP contribution in [-0.4, -0.2) is 75.8 Å². The Hall–Kier alpha value is -4.42. The van der Waals surface area contributed by atoms with E-state index >= 15 is 0 Å². The van der Waals surface area contributed by atoms with Crippen LogP contribution in [0.3, 0.4) is 0 Å². The second-order valence-corrected chi connectivity index (χ2v) is 11.4. The van der Waals surface area contributed by atoms with Gasteiger partial charge < -0.3 is 36.7 Å². The number of aliphatic carboxylic acids is 1. The topological polar surface area (TPSA) is 199 Å². The fraction of sp³-hybridized carbons (Fsp3) is 0.517. The van der Waals surface area contributed by atoms with Gasteiger partial charge in [0.05, 0.1) is 6.42 Å². The second kappa shape index (κ2) is 14.0. The third-order valence-corrected chi connectivity index (χ3v) is 7.08. The van der Waals surface area contributed by atoms with Crippen LogP contribution in [0.15, 0.2) is 30.5 Å². The Morgan fingerprint density at radius 1 is 0.786 bits per heavy atom. The molecule has 0 unspecified atom stereocenters. The van der Waals surface area contributed by atoms with Gasteiger partial charge in [0.1, 0.15) is 30.2 Å². The number of hydrogen-bond acceptors (Lipinski definition) is 6. The van der Waals surface area contributed by atoms with Crippen molar-refractivity contribution in [1.29, 1.82) is 0 Å². The van der Waals surface area contributed by atoms with Crippen molar-refractivity contribution in [2.24, 2.45) is 11.8 Å². The number of carboxylic acid groups (broad SMARTS) is 1. The maximum atomic E-state index is 13.6. The number of para-hydroxylation sites is 1. The summed E-state index contributed by atoms with van der Waals surface area (Å²) >= 11 is 0. The first kappa shape index (κ1) is 32.1. The average molecular weight is 585 g/mol. The number of rotatable bonds is 7. The lowest BCUT2D eigenvalue weighted by Crippen LogP contribution is -2.59. The monoisotopic (exact) mass is 584 g/mol. The number of H-pyrrole nitrogens is 1. The molecule has 5 amide bonds. The van der Waals surface area contributed by atoms with Crippen LogP contribution in [0, 0.1) is 11.8 Å². The van der Waals surface area contributed by atoms with Crippen molar-refractivity contribution in [3.8, 4) is 0 Å². The summed E-state index contributed by atoms with van der Waals surface area (Å²) < 4.78 is 0.